The second-order valence-corrected chi connectivity index (χ2v) is 5.21. The van der Waals surface area contributed by atoms with E-state index in [2.05, 4.69) is 0 Å². The van der Waals surface area contributed by atoms with E-state index >= 15 is 0 Å². The molecule has 16 heavy (non-hydrogen) atoms. The van der Waals surface area contributed by atoms with Crippen molar-refractivity contribution in [2.45, 2.75) is 23.9 Å². The average molecular weight is 244 g/mol. The van der Waals surface area contributed by atoms with E-state index in [4.69, 9.17) is 4.74 Å². The largest absolute Gasteiger partial charge is 0.349 e. The van der Waals surface area contributed by atoms with Gasteiger partial charge in [-0.3, -0.25) is 9.59 Å². The van der Waals surface area contributed by atoms with Crippen LogP contribution in [0.5, 0.6) is 0 Å². The van der Waals surface area contributed by atoms with Crippen LogP contribution in [-0.4, -0.2) is 59.7 Å². The van der Waals surface area contributed by atoms with E-state index < -0.39 is 11.1 Å². The van der Waals surface area contributed by atoms with Crippen molar-refractivity contribution >= 4 is 23.6 Å². The number of carbonyl (C=O) groups excluding carboxylic acids is 2. The maximum absolute atomic E-state index is 12.3. The quantitative estimate of drug-likeness (QED) is 0.657. The van der Waals surface area contributed by atoms with Crippen molar-refractivity contribution in [2.24, 2.45) is 0 Å². The summed E-state index contributed by atoms with van der Waals surface area (Å²) in [4.78, 5) is 26.6. The van der Waals surface area contributed by atoms with Gasteiger partial charge in [0, 0.05) is 20.7 Å². The van der Waals surface area contributed by atoms with Gasteiger partial charge in [0.15, 0.2) is 4.87 Å². The van der Waals surface area contributed by atoms with E-state index in [9.17, 15) is 9.59 Å². The first-order valence-electron chi connectivity index (χ1n) is 5.26. The zero-order valence-electron chi connectivity index (χ0n) is 9.73. The molecule has 3 rings (SSSR count). The van der Waals surface area contributed by atoms with Crippen molar-refractivity contribution in [2.75, 3.05) is 27.0 Å². The summed E-state index contributed by atoms with van der Waals surface area (Å²) in [5, 5.41) is 0. The van der Waals surface area contributed by atoms with Gasteiger partial charge < -0.3 is 14.5 Å². The number of likely N-dealkylation sites (N-methyl/N-ethyl adjacent to an activating group) is 2. The Kier molecular flexibility index (Phi) is 2.88. The fourth-order valence-corrected chi connectivity index (χ4v) is 3.36. The molecule has 3 aliphatic heterocycles. The van der Waals surface area contributed by atoms with Gasteiger partial charge in [-0.2, -0.15) is 0 Å². The molecule has 0 radical (unpaired) electrons. The van der Waals surface area contributed by atoms with Crippen LogP contribution in [0.1, 0.15) is 12.8 Å². The van der Waals surface area contributed by atoms with E-state index in [-0.39, 0.29) is 11.8 Å². The number of thioether (sulfide) groups is 1. The average Bonchev–Trinajstić information content (AvgIpc) is 2.28. The van der Waals surface area contributed by atoms with Crippen LogP contribution in [0.3, 0.4) is 0 Å². The third-order valence-electron chi connectivity index (χ3n) is 3.36. The van der Waals surface area contributed by atoms with Crippen LogP contribution in [0.25, 0.3) is 0 Å². The van der Waals surface area contributed by atoms with Crippen LogP contribution in [0.4, 0.5) is 0 Å². The Bertz CT molecular complexity index is 336. The van der Waals surface area contributed by atoms with E-state index in [0.717, 1.165) is 6.42 Å². The number of nitrogens with zero attached hydrogens (tertiary/aromatic N) is 2. The summed E-state index contributed by atoms with van der Waals surface area (Å²) < 4.78 is 5.43. The Labute approximate surface area is 99.1 Å². The van der Waals surface area contributed by atoms with Crippen molar-refractivity contribution in [3.8, 4) is 0 Å². The lowest BCUT2D eigenvalue weighted by molar-refractivity contribution is -0.186. The fraction of sp³-hybridized carbons (Fsp3) is 0.800. The van der Waals surface area contributed by atoms with Gasteiger partial charge in [-0.05, 0) is 19.1 Å². The Balaban J connectivity index is 2.46. The van der Waals surface area contributed by atoms with Crippen molar-refractivity contribution in [3.05, 3.63) is 0 Å². The molecule has 2 atom stereocenters. The van der Waals surface area contributed by atoms with E-state index in [1.807, 2.05) is 6.26 Å². The summed E-state index contributed by atoms with van der Waals surface area (Å²) in [5.41, 5.74) is 0. The highest BCUT2D eigenvalue weighted by molar-refractivity contribution is 8.00. The predicted molar refractivity (Wildman–Crippen MR) is 60.8 cm³/mol. The van der Waals surface area contributed by atoms with Gasteiger partial charge in [-0.25, -0.2) is 0 Å². The first-order valence-corrected chi connectivity index (χ1v) is 6.49. The van der Waals surface area contributed by atoms with E-state index in [1.54, 1.807) is 19.0 Å². The number of hydrogen-bond acceptors (Lipinski definition) is 4. The highest BCUT2D eigenvalue weighted by Crippen LogP contribution is 2.39. The molecule has 0 saturated carbocycles. The molecule has 0 aliphatic carbocycles. The second-order valence-electron chi connectivity index (χ2n) is 4.13. The van der Waals surface area contributed by atoms with Crippen LogP contribution in [0.2, 0.25) is 0 Å². The third-order valence-corrected chi connectivity index (χ3v) is 4.69. The van der Waals surface area contributed by atoms with Gasteiger partial charge in [0.05, 0.1) is 0 Å². The van der Waals surface area contributed by atoms with Crippen LogP contribution >= 0.6 is 11.8 Å². The smallest absolute Gasteiger partial charge is 0.274 e. The molecule has 6 heteroatoms. The lowest BCUT2D eigenvalue weighted by atomic mass is 10.0. The summed E-state index contributed by atoms with van der Waals surface area (Å²) >= 11 is 1.44. The molecule has 3 saturated heterocycles. The Morgan fingerprint density at radius 1 is 1.44 bits per heavy atom. The van der Waals surface area contributed by atoms with E-state index in [1.165, 1.54) is 16.7 Å². The van der Waals surface area contributed by atoms with Gasteiger partial charge in [0.25, 0.3) is 11.8 Å². The Hall–Kier alpha value is -0.750. The summed E-state index contributed by atoms with van der Waals surface area (Å²) in [6, 6.07) is 0. The molecule has 90 valence electrons. The maximum Gasteiger partial charge on any atom is 0.274 e. The lowest BCUT2D eigenvalue weighted by Gasteiger charge is -2.50. The number of rotatable bonds is 1. The molecular weight excluding hydrogens is 228 g/mol. The Morgan fingerprint density at radius 2 is 2.12 bits per heavy atom. The molecule has 0 spiro atoms. The first kappa shape index (κ1) is 11.7. The SMILES string of the molecule is CS[C@@]12CCCOC(C(=O)N1C)N(C)C2=O. The zero-order chi connectivity index (χ0) is 11.9. The van der Waals surface area contributed by atoms with Crippen LogP contribution in [0.15, 0.2) is 0 Å². The molecule has 0 aromatic heterocycles. The predicted octanol–water partition coefficient (Wildman–Crippen LogP) is 0.113. The molecule has 3 fully saturated rings. The van der Waals surface area contributed by atoms with Crippen molar-refractivity contribution < 1.29 is 14.3 Å². The summed E-state index contributed by atoms with van der Waals surface area (Å²) in [5.74, 6) is -0.164. The summed E-state index contributed by atoms with van der Waals surface area (Å²) in [7, 11) is 3.32. The highest BCUT2D eigenvalue weighted by Gasteiger charge is 2.54. The maximum atomic E-state index is 12.3. The molecule has 3 aliphatic rings. The molecule has 0 N–H and O–H groups in total. The number of fused-ring (bicyclic) bond motifs is 5. The molecule has 2 bridgehead atoms. The van der Waals surface area contributed by atoms with Gasteiger partial charge in [-0.15, -0.1) is 11.8 Å². The molecule has 0 aromatic carbocycles. The van der Waals surface area contributed by atoms with Crippen molar-refractivity contribution in [3.63, 3.8) is 0 Å². The topological polar surface area (TPSA) is 49.9 Å². The number of hydrogen-bond donors (Lipinski definition) is 0. The lowest BCUT2D eigenvalue weighted by Crippen LogP contribution is -2.69. The highest BCUT2D eigenvalue weighted by atomic mass is 32.2. The minimum Gasteiger partial charge on any atom is -0.349 e. The Morgan fingerprint density at radius 3 is 2.75 bits per heavy atom. The van der Waals surface area contributed by atoms with Gasteiger partial charge in [-0.1, -0.05) is 0 Å². The molecule has 3 heterocycles. The fourth-order valence-electron chi connectivity index (χ4n) is 2.33. The van der Waals surface area contributed by atoms with Gasteiger partial charge in [0.2, 0.25) is 6.23 Å². The number of carbonyl (C=O) groups is 2. The van der Waals surface area contributed by atoms with Crippen molar-refractivity contribution in [1.29, 1.82) is 0 Å². The first-order chi connectivity index (χ1) is 7.54. The normalized spacial score (nSPS) is 35.3. The van der Waals surface area contributed by atoms with Crippen LogP contribution < -0.4 is 0 Å². The molecular formula is C10H16N2O3S. The molecule has 5 nitrogen and oxygen atoms in total. The summed E-state index contributed by atoms with van der Waals surface area (Å²) in [6.45, 7) is 0.532. The van der Waals surface area contributed by atoms with Gasteiger partial charge in [0.1, 0.15) is 0 Å². The minimum absolute atomic E-state index is 0.0354. The van der Waals surface area contributed by atoms with Crippen LogP contribution in [0, 0.1) is 0 Å². The standard InChI is InChI=1S/C10H16N2O3S/c1-11-8-7(13)12(2)10(16-3,9(11)14)5-4-6-15-8/h8H,4-6H2,1-3H3/t8?,10-/m1/s1. The summed E-state index contributed by atoms with van der Waals surface area (Å²) in [6.07, 6.45) is 2.58. The number of ether oxygens (including phenoxy) is 1. The molecule has 1 unspecified atom stereocenters. The zero-order valence-corrected chi connectivity index (χ0v) is 10.5. The number of piperazine rings is 1. The number of amides is 2. The molecule has 2 amide bonds. The van der Waals surface area contributed by atoms with E-state index in [0.29, 0.717) is 13.0 Å². The monoisotopic (exact) mass is 244 g/mol. The van der Waals surface area contributed by atoms with Crippen LogP contribution in [-0.2, 0) is 14.3 Å². The van der Waals surface area contributed by atoms with Gasteiger partial charge >= 0.3 is 0 Å². The van der Waals surface area contributed by atoms with Crippen molar-refractivity contribution in [1.82, 2.24) is 9.80 Å². The second kappa shape index (κ2) is 3.92. The third kappa shape index (κ3) is 1.36. The minimum atomic E-state index is -0.738. The molecule has 0 aromatic rings.